The van der Waals surface area contributed by atoms with E-state index in [9.17, 15) is 4.39 Å². The first-order valence-electron chi connectivity index (χ1n) is 6.33. The summed E-state index contributed by atoms with van der Waals surface area (Å²) in [7, 11) is 0. The molecule has 21 heavy (non-hydrogen) atoms. The lowest BCUT2D eigenvalue weighted by Crippen LogP contribution is -2.00. The molecule has 0 bridgehead atoms. The Morgan fingerprint density at radius 3 is 2.57 bits per heavy atom. The standard InChI is InChI=1S/C16H11BrFIN2/c17-14-5-11(6-15(18)7-14)9-21-10-13(8-20-21)12-1-3-16(19)4-2-12/h1-8,10H,9H2. The summed E-state index contributed by atoms with van der Waals surface area (Å²) in [6.07, 6.45) is 3.80. The molecule has 0 saturated carbocycles. The first-order valence-corrected chi connectivity index (χ1v) is 8.21. The van der Waals surface area contributed by atoms with Crippen LogP contribution >= 0.6 is 38.5 Å². The Hall–Kier alpha value is -1.21. The van der Waals surface area contributed by atoms with Gasteiger partial charge in [0.2, 0.25) is 0 Å². The SMILES string of the molecule is Fc1cc(Br)cc(Cn2cc(-c3ccc(I)cc3)cn2)c1. The lowest BCUT2D eigenvalue weighted by atomic mass is 10.1. The van der Waals surface area contributed by atoms with Crippen molar-refractivity contribution in [2.75, 3.05) is 0 Å². The normalized spacial score (nSPS) is 10.8. The molecule has 0 aliphatic heterocycles. The van der Waals surface area contributed by atoms with Crippen LogP contribution in [0, 0.1) is 9.39 Å². The quantitative estimate of drug-likeness (QED) is 0.501. The third-order valence-corrected chi connectivity index (χ3v) is 4.25. The van der Waals surface area contributed by atoms with E-state index in [-0.39, 0.29) is 5.82 Å². The predicted molar refractivity (Wildman–Crippen MR) is 93.6 cm³/mol. The van der Waals surface area contributed by atoms with Crippen molar-refractivity contribution in [2.24, 2.45) is 0 Å². The maximum Gasteiger partial charge on any atom is 0.124 e. The number of aromatic nitrogens is 2. The largest absolute Gasteiger partial charge is 0.268 e. The maximum absolute atomic E-state index is 13.4. The zero-order valence-corrected chi connectivity index (χ0v) is 14.7. The smallest absolute Gasteiger partial charge is 0.124 e. The molecule has 0 N–H and O–H groups in total. The monoisotopic (exact) mass is 456 g/mol. The molecular formula is C16H11BrFIN2. The van der Waals surface area contributed by atoms with Crippen LogP contribution in [0.4, 0.5) is 4.39 Å². The summed E-state index contributed by atoms with van der Waals surface area (Å²) in [5.41, 5.74) is 3.06. The predicted octanol–water partition coefficient (Wildman–Crippen LogP) is 5.10. The van der Waals surface area contributed by atoms with Gasteiger partial charge in [0.1, 0.15) is 5.82 Å². The van der Waals surface area contributed by atoms with Crippen LogP contribution in [0.25, 0.3) is 11.1 Å². The summed E-state index contributed by atoms with van der Waals surface area (Å²) >= 11 is 5.59. The summed E-state index contributed by atoms with van der Waals surface area (Å²) in [5.74, 6) is -0.246. The number of hydrogen-bond donors (Lipinski definition) is 0. The van der Waals surface area contributed by atoms with E-state index in [1.807, 2.05) is 23.1 Å². The van der Waals surface area contributed by atoms with Crippen LogP contribution in [0.15, 0.2) is 59.3 Å². The first-order chi connectivity index (χ1) is 10.1. The van der Waals surface area contributed by atoms with Crippen molar-refractivity contribution in [3.63, 3.8) is 0 Å². The van der Waals surface area contributed by atoms with Gasteiger partial charge in [0.25, 0.3) is 0 Å². The lowest BCUT2D eigenvalue weighted by molar-refractivity contribution is 0.618. The molecule has 0 saturated heterocycles. The van der Waals surface area contributed by atoms with Gasteiger partial charge in [0.15, 0.2) is 0 Å². The average Bonchev–Trinajstić information content (AvgIpc) is 2.87. The summed E-state index contributed by atoms with van der Waals surface area (Å²) < 4.78 is 17.1. The molecule has 5 heteroatoms. The van der Waals surface area contributed by atoms with Gasteiger partial charge in [-0.2, -0.15) is 5.10 Å². The molecule has 0 spiro atoms. The Bertz CT molecular complexity index is 748. The van der Waals surface area contributed by atoms with Gasteiger partial charge >= 0.3 is 0 Å². The Balaban J connectivity index is 1.83. The van der Waals surface area contributed by atoms with E-state index < -0.39 is 0 Å². The molecule has 0 aliphatic rings. The Labute approximate surface area is 144 Å². The van der Waals surface area contributed by atoms with Crippen molar-refractivity contribution < 1.29 is 4.39 Å². The molecule has 1 heterocycles. The molecule has 0 fully saturated rings. The molecule has 2 aromatic carbocycles. The highest BCUT2D eigenvalue weighted by molar-refractivity contribution is 14.1. The molecule has 0 atom stereocenters. The van der Waals surface area contributed by atoms with Crippen LogP contribution in [0.5, 0.6) is 0 Å². The third kappa shape index (κ3) is 3.71. The van der Waals surface area contributed by atoms with Gasteiger partial charge in [-0.05, 0) is 64.0 Å². The van der Waals surface area contributed by atoms with Crippen LogP contribution in [0.3, 0.4) is 0 Å². The second-order valence-corrected chi connectivity index (χ2v) is 6.87. The van der Waals surface area contributed by atoms with Crippen LogP contribution in [-0.2, 0) is 6.54 Å². The van der Waals surface area contributed by atoms with Crippen molar-refractivity contribution in [1.29, 1.82) is 0 Å². The van der Waals surface area contributed by atoms with Crippen LogP contribution in [-0.4, -0.2) is 9.78 Å². The van der Waals surface area contributed by atoms with Gasteiger partial charge in [-0.15, -0.1) is 0 Å². The van der Waals surface area contributed by atoms with E-state index >= 15 is 0 Å². The van der Waals surface area contributed by atoms with Crippen molar-refractivity contribution in [2.45, 2.75) is 6.54 Å². The van der Waals surface area contributed by atoms with Crippen molar-refractivity contribution in [3.8, 4) is 11.1 Å². The highest BCUT2D eigenvalue weighted by Gasteiger charge is 2.04. The fourth-order valence-electron chi connectivity index (χ4n) is 2.13. The molecule has 0 unspecified atom stereocenters. The molecule has 106 valence electrons. The molecule has 3 aromatic rings. The number of benzene rings is 2. The summed E-state index contributed by atoms with van der Waals surface area (Å²) in [6.45, 7) is 0.542. The topological polar surface area (TPSA) is 17.8 Å². The zero-order valence-electron chi connectivity index (χ0n) is 10.9. The summed E-state index contributed by atoms with van der Waals surface area (Å²) in [4.78, 5) is 0. The molecule has 0 radical (unpaired) electrons. The minimum Gasteiger partial charge on any atom is -0.268 e. The lowest BCUT2D eigenvalue weighted by Gasteiger charge is -2.03. The number of rotatable bonds is 3. The Morgan fingerprint density at radius 2 is 1.86 bits per heavy atom. The molecular weight excluding hydrogens is 446 g/mol. The zero-order chi connectivity index (χ0) is 14.8. The molecule has 0 aliphatic carbocycles. The maximum atomic E-state index is 13.4. The third-order valence-electron chi connectivity index (χ3n) is 3.08. The van der Waals surface area contributed by atoms with Crippen LogP contribution in [0.1, 0.15) is 5.56 Å². The number of hydrogen-bond acceptors (Lipinski definition) is 1. The first kappa shape index (κ1) is 14.7. The van der Waals surface area contributed by atoms with Gasteiger partial charge in [-0.1, -0.05) is 28.1 Å². The van der Waals surface area contributed by atoms with Crippen LogP contribution < -0.4 is 0 Å². The molecule has 1 aromatic heterocycles. The van der Waals surface area contributed by atoms with Gasteiger partial charge in [-0.3, -0.25) is 4.68 Å². The van der Waals surface area contributed by atoms with E-state index in [2.05, 4.69) is 67.9 Å². The van der Waals surface area contributed by atoms with Gasteiger partial charge in [0.05, 0.1) is 12.7 Å². The molecule has 2 nitrogen and oxygen atoms in total. The summed E-state index contributed by atoms with van der Waals surface area (Å²) in [5, 5.41) is 4.35. The van der Waals surface area contributed by atoms with Gasteiger partial charge in [-0.25, -0.2) is 4.39 Å². The van der Waals surface area contributed by atoms with Gasteiger partial charge < -0.3 is 0 Å². The van der Waals surface area contributed by atoms with Crippen molar-refractivity contribution in [1.82, 2.24) is 9.78 Å². The average molecular weight is 457 g/mol. The highest BCUT2D eigenvalue weighted by atomic mass is 127. The second kappa shape index (κ2) is 6.27. The minimum atomic E-state index is -0.246. The highest BCUT2D eigenvalue weighted by Crippen LogP contribution is 2.21. The molecule has 3 rings (SSSR count). The van der Waals surface area contributed by atoms with Crippen molar-refractivity contribution >= 4 is 38.5 Å². The number of nitrogens with zero attached hydrogens (tertiary/aromatic N) is 2. The van der Waals surface area contributed by atoms with E-state index in [1.165, 1.54) is 15.7 Å². The Morgan fingerprint density at radius 1 is 1.10 bits per heavy atom. The Kier molecular flexibility index (Phi) is 4.40. The van der Waals surface area contributed by atoms with E-state index in [0.717, 1.165) is 21.2 Å². The van der Waals surface area contributed by atoms with E-state index in [4.69, 9.17) is 0 Å². The molecule has 0 amide bonds. The van der Waals surface area contributed by atoms with Gasteiger partial charge in [0, 0.05) is 19.8 Å². The van der Waals surface area contributed by atoms with E-state index in [0.29, 0.717) is 6.54 Å². The fourth-order valence-corrected chi connectivity index (χ4v) is 3.00. The number of halogens is 3. The van der Waals surface area contributed by atoms with Crippen molar-refractivity contribution in [3.05, 3.63) is 74.3 Å². The van der Waals surface area contributed by atoms with Crippen LogP contribution in [0.2, 0.25) is 0 Å². The fraction of sp³-hybridized carbons (Fsp3) is 0.0625. The van der Waals surface area contributed by atoms with E-state index in [1.54, 1.807) is 0 Å². The summed E-state index contributed by atoms with van der Waals surface area (Å²) in [6, 6.07) is 13.1. The second-order valence-electron chi connectivity index (χ2n) is 4.71. The minimum absolute atomic E-state index is 0.246.